The zero-order valence-corrected chi connectivity index (χ0v) is 21.8. The average Bonchev–Trinajstić information content (AvgIpc) is 3.50. The minimum absolute atomic E-state index is 0.253. The SMILES string of the molecule is CCc1cccc(CC)c1-n1nc2c(c1-c1ccc3nc(C)[nH]c3n1)CN(c1ncc(C(F)(F)F)cn1)CC2. The predicted octanol–water partition coefficient (Wildman–Crippen LogP) is 5.62. The molecule has 0 spiro atoms. The molecule has 1 N–H and O–H groups in total. The molecule has 0 aliphatic carbocycles. The van der Waals surface area contributed by atoms with E-state index in [9.17, 15) is 13.2 Å². The molecule has 0 unspecified atom stereocenters. The summed E-state index contributed by atoms with van der Waals surface area (Å²) < 4.78 is 41.3. The Morgan fingerprint density at radius 2 is 1.69 bits per heavy atom. The van der Waals surface area contributed by atoms with E-state index in [1.165, 1.54) is 11.1 Å². The highest BCUT2D eigenvalue weighted by Gasteiger charge is 2.33. The van der Waals surface area contributed by atoms with Gasteiger partial charge in [-0.3, -0.25) is 0 Å². The maximum Gasteiger partial charge on any atom is 0.419 e. The second kappa shape index (κ2) is 9.48. The van der Waals surface area contributed by atoms with Gasteiger partial charge in [-0.2, -0.15) is 18.3 Å². The normalized spacial score (nSPS) is 13.7. The number of H-pyrrole nitrogens is 1. The first-order valence-corrected chi connectivity index (χ1v) is 13.0. The fourth-order valence-corrected chi connectivity index (χ4v) is 5.23. The molecule has 4 aromatic heterocycles. The van der Waals surface area contributed by atoms with Crippen molar-refractivity contribution in [1.29, 1.82) is 0 Å². The summed E-state index contributed by atoms with van der Waals surface area (Å²) in [5, 5.41) is 5.11. The molecule has 0 saturated carbocycles. The monoisotopic (exact) mass is 532 g/mol. The van der Waals surface area contributed by atoms with Crippen LogP contribution in [-0.4, -0.2) is 41.2 Å². The number of benzene rings is 1. The van der Waals surface area contributed by atoms with Crippen LogP contribution in [-0.2, 0) is 32.0 Å². The van der Waals surface area contributed by atoms with Crippen molar-refractivity contribution in [2.24, 2.45) is 0 Å². The second-order valence-corrected chi connectivity index (χ2v) is 9.65. The Balaban J connectivity index is 1.51. The van der Waals surface area contributed by atoms with Crippen LogP contribution >= 0.6 is 0 Å². The fourth-order valence-electron chi connectivity index (χ4n) is 5.23. The molecule has 8 nitrogen and oxygen atoms in total. The summed E-state index contributed by atoms with van der Waals surface area (Å²) in [6.07, 6.45) is -0.538. The van der Waals surface area contributed by atoms with Crippen LogP contribution in [0.2, 0.25) is 0 Å². The van der Waals surface area contributed by atoms with Crippen LogP contribution in [0.15, 0.2) is 42.7 Å². The van der Waals surface area contributed by atoms with Crippen LogP contribution in [0, 0.1) is 6.92 Å². The van der Waals surface area contributed by atoms with Crippen LogP contribution in [0.1, 0.15) is 47.6 Å². The standard InChI is InChI=1S/C28H27F3N8/c1-4-17-7-6-8-18(5-2)24(17)39-25(22-9-10-23-26(36-22)35-16(3)34-23)20-15-38(12-11-21(20)37-39)27-32-13-19(14-33-27)28(29,30)31/h6-10,13-14H,4-5,11-12,15H2,1-3H3,(H,34,35,36). The van der Waals surface area contributed by atoms with Crippen molar-refractivity contribution in [3.05, 3.63) is 76.5 Å². The predicted molar refractivity (Wildman–Crippen MR) is 142 cm³/mol. The molecule has 0 amide bonds. The minimum atomic E-state index is -4.49. The van der Waals surface area contributed by atoms with Gasteiger partial charge in [0.1, 0.15) is 11.3 Å². The van der Waals surface area contributed by atoms with Gasteiger partial charge in [0.2, 0.25) is 5.95 Å². The molecule has 0 fully saturated rings. The van der Waals surface area contributed by atoms with E-state index in [0.29, 0.717) is 25.2 Å². The molecular formula is C28H27F3N8. The molecule has 200 valence electrons. The molecular weight excluding hydrogens is 505 g/mol. The highest BCUT2D eigenvalue weighted by Crippen LogP contribution is 2.36. The summed E-state index contributed by atoms with van der Waals surface area (Å²) >= 11 is 0. The Bertz CT molecular complexity index is 1640. The number of hydrogen-bond donors (Lipinski definition) is 1. The highest BCUT2D eigenvalue weighted by molar-refractivity contribution is 5.76. The zero-order valence-electron chi connectivity index (χ0n) is 21.8. The van der Waals surface area contributed by atoms with E-state index in [2.05, 4.69) is 52.0 Å². The fraction of sp³-hybridized carbons (Fsp3) is 0.321. The van der Waals surface area contributed by atoms with Crippen molar-refractivity contribution < 1.29 is 13.2 Å². The van der Waals surface area contributed by atoms with Crippen LogP contribution < -0.4 is 4.90 Å². The summed E-state index contributed by atoms with van der Waals surface area (Å²) in [5.41, 5.74) is 7.48. The summed E-state index contributed by atoms with van der Waals surface area (Å²) in [7, 11) is 0. The molecule has 5 heterocycles. The second-order valence-electron chi connectivity index (χ2n) is 9.65. The van der Waals surface area contributed by atoms with Crippen LogP contribution in [0.3, 0.4) is 0 Å². The van der Waals surface area contributed by atoms with Crippen molar-refractivity contribution in [1.82, 2.24) is 34.7 Å². The number of pyridine rings is 1. The number of anilines is 1. The summed E-state index contributed by atoms with van der Waals surface area (Å²) in [5.74, 6) is 1.03. The number of rotatable bonds is 5. The Labute approximate surface area is 223 Å². The highest BCUT2D eigenvalue weighted by atomic mass is 19.4. The minimum Gasteiger partial charge on any atom is -0.336 e. The van der Waals surface area contributed by atoms with Crippen molar-refractivity contribution in [2.45, 2.75) is 52.8 Å². The third-order valence-electron chi connectivity index (χ3n) is 7.16. The molecule has 1 aliphatic rings. The number of fused-ring (bicyclic) bond motifs is 2. The van der Waals surface area contributed by atoms with Crippen LogP contribution in [0.5, 0.6) is 0 Å². The van der Waals surface area contributed by atoms with E-state index in [-0.39, 0.29) is 5.95 Å². The van der Waals surface area contributed by atoms with Crippen molar-refractivity contribution in [3.8, 4) is 17.1 Å². The molecule has 1 aromatic carbocycles. The summed E-state index contributed by atoms with van der Waals surface area (Å²) in [6, 6.07) is 10.2. The van der Waals surface area contributed by atoms with E-state index in [1.54, 1.807) is 0 Å². The number of alkyl halides is 3. The molecule has 0 atom stereocenters. The first-order valence-electron chi connectivity index (χ1n) is 13.0. The van der Waals surface area contributed by atoms with Gasteiger partial charge < -0.3 is 9.88 Å². The third-order valence-corrected chi connectivity index (χ3v) is 7.16. The number of nitrogens with one attached hydrogen (secondary N) is 1. The molecule has 11 heteroatoms. The number of aromatic nitrogens is 7. The van der Waals surface area contributed by atoms with E-state index in [0.717, 1.165) is 64.9 Å². The largest absolute Gasteiger partial charge is 0.419 e. The van der Waals surface area contributed by atoms with Gasteiger partial charge in [-0.15, -0.1) is 0 Å². The van der Waals surface area contributed by atoms with Gasteiger partial charge in [0, 0.05) is 37.5 Å². The van der Waals surface area contributed by atoms with Gasteiger partial charge in [0.15, 0.2) is 5.65 Å². The molecule has 5 aromatic rings. The smallest absolute Gasteiger partial charge is 0.336 e. The lowest BCUT2D eigenvalue weighted by Crippen LogP contribution is -2.31. The van der Waals surface area contributed by atoms with Crippen LogP contribution in [0.25, 0.3) is 28.2 Å². The number of aryl methyl sites for hydroxylation is 3. The average molecular weight is 533 g/mol. The number of para-hydroxylation sites is 1. The number of hydrogen-bond acceptors (Lipinski definition) is 6. The maximum absolute atomic E-state index is 13.1. The first-order chi connectivity index (χ1) is 18.8. The van der Waals surface area contributed by atoms with E-state index < -0.39 is 11.7 Å². The molecule has 6 rings (SSSR count). The Hall–Kier alpha value is -4.28. The Kier molecular flexibility index (Phi) is 6.08. The van der Waals surface area contributed by atoms with E-state index in [4.69, 9.17) is 10.1 Å². The van der Waals surface area contributed by atoms with Gasteiger partial charge in [-0.1, -0.05) is 32.0 Å². The molecule has 1 aliphatic heterocycles. The van der Waals surface area contributed by atoms with E-state index in [1.807, 2.05) is 28.6 Å². The summed E-state index contributed by atoms with van der Waals surface area (Å²) in [4.78, 5) is 22.6. The number of nitrogens with zero attached hydrogens (tertiary/aromatic N) is 7. The Morgan fingerprint density at radius 3 is 2.36 bits per heavy atom. The van der Waals surface area contributed by atoms with Gasteiger partial charge in [-0.05, 0) is 43.0 Å². The lowest BCUT2D eigenvalue weighted by molar-refractivity contribution is -0.138. The molecule has 0 saturated heterocycles. The van der Waals surface area contributed by atoms with Gasteiger partial charge in [0.25, 0.3) is 0 Å². The van der Waals surface area contributed by atoms with Gasteiger partial charge in [-0.25, -0.2) is 24.6 Å². The van der Waals surface area contributed by atoms with Gasteiger partial charge >= 0.3 is 6.18 Å². The van der Waals surface area contributed by atoms with E-state index >= 15 is 0 Å². The van der Waals surface area contributed by atoms with Gasteiger partial charge in [0.05, 0.1) is 28.3 Å². The van der Waals surface area contributed by atoms with Crippen molar-refractivity contribution in [2.75, 3.05) is 11.4 Å². The number of aromatic amines is 1. The molecule has 39 heavy (non-hydrogen) atoms. The molecule has 0 radical (unpaired) electrons. The molecule has 0 bridgehead atoms. The lowest BCUT2D eigenvalue weighted by Gasteiger charge is -2.27. The summed E-state index contributed by atoms with van der Waals surface area (Å²) in [6.45, 7) is 7.08. The lowest BCUT2D eigenvalue weighted by atomic mass is 10.0. The topological polar surface area (TPSA) is 88.4 Å². The number of imidazole rings is 1. The van der Waals surface area contributed by atoms with Crippen LogP contribution in [0.4, 0.5) is 19.1 Å². The van der Waals surface area contributed by atoms with Crippen molar-refractivity contribution in [3.63, 3.8) is 0 Å². The third kappa shape index (κ3) is 4.41. The zero-order chi connectivity index (χ0) is 27.3. The Morgan fingerprint density at radius 1 is 0.974 bits per heavy atom. The van der Waals surface area contributed by atoms with Crippen molar-refractivity contribution >= 4 is 17.1 Å². The number of halogens is 3. The maximum atomic E-state index is 13.1. The first kappa shape index (κ1) is 25.0. The quantitative estimate of drug-likeness (QED) is 0.316.